The molecule has 0 fully saturated rings. The first-order chi connectivity index (χ1) is 15.5. The summed E-state index contributed by atoms with van der Waals surface area (Å²) in [6.07, 6.45) is 0. The van der Waals surface area contributed by atoms with Gasteiger partial charge in [-0.05, 0) is 41.5 Å². The van der Waals surface area contributed by atoms with Crippen molar-refractivity contribution in [2.75, 3.05) is 25.5 Å². The van der Waals surface area contributed by atoms with Gasteiger partial charge in [0.15, 0.2) is 11.5 Å². The first kappa shape index (κ1) is 26.5. The van der Waals surface area contributed by atoms with E-state index >= 15 is 0 Å². The zero-order chi connectivity index (χ0) is 22.9. The highest BCUT2D eigenvalue weighted by Crippen LogP contribution is 2.29. The van der Waals surface area contributed by atoms with Crippen molar-refractivity contribution < 1.29 is 14.4 Å². The Hall–Kier alpha value is -2.71. The van der Waals surface area contributed by atoms with Crippen molar-refractivity contribution in [2.24, 2.45) is 0 Å². The van der Waals surface area contributed by atoms with Crippen LogP contribution in [0.15, 0.2) is 60.7 Å². The van der Waals surface area contributed by atoms with Gasteiger partial charge in [0.2, 0.25) is 0 Å². The van der Waals surface area contributed by atoms with E-state index in [9.17, 15) is 10.1 Å². The molecule has 3 aromatic rings. The Kier molecular flexibility index (Phi) is 10.5. The van der Waals surface area contributed by atoms with Crippen LogP contribution in [-0.2, 0) is 13.2 Å². The number of nitrogens with one attached hydrogen (secondary N) is 2. The molecule has 0 bridgehead atoms. The van der Waals surface area contributed by atoms with Crippen molar-refractivity contribution in [3.63, 3.8) is 0 Å². The van der Waals surface area contributed by atoms with Crippen molar-refractivity contribution in [2.45, 2.75) is 13.2 Å². The van der Waals surface area contributed by atoms with Crippen LogP contribution in [0.3, 0.4) is 0 Å². The lowest BCUT2D eigenvalue weighted by Crippen LogP contribution is -2.21. The van der Waals surface area contributed by atoms with Crippen LogP contribution < -0.4 is 20.1 Å². The van der Waals surface area contributed by atoms with Crippen molar-refractivity contribution in [3.8, 4) is 11.5 Å². The number of rotatable bonds is 11. The molecule has 0 aromatic heterocycles. The van der Waals surface area contributed by atoms with E-state index in [1.54, 1.807) is 13.2 Å². The number of anilines is 1. The molecule has 0 spiro atoms. The molecule has 0 atom stereocenters. The number of hydrogen-bond donors (Lipinski definition) is 2. The average molecular weight is 513 g/mol. The van der Waals surface area contributed by atoms with Crippen LogP contribution in [-0.4, -0.2) is 25.1 Å². The number of nitrogens with zero attached hydrogens (tertiary/aromatic N) is 1. The summed E-state index contributed by atoms with van der Waals surface area (Å²) >= 11 is 12.0. The van der Waals surface area contributed by atoms with Crippen LogP contribution in [0, 0.1) is 10.1 Å². The number of halogens is 3. The highest BCUT2D eigenvalue weighted by atomic mass is 35.5. The van der Waals surface area contributed by atoms with Gasteiger partial charge in [-0.2, -0.15) is 0 Å². The summed E-state index contributed by atoms with van der Waals surface area (Å²) in [6, 6.07) is 17.7. The van der Waals surface area contributed by atoms with Gasteiger partial charge in [0.25, 0.3) is 5.69 Å². The molecule has 0 saturated carbocycles. The first-order valence-electron chi connectivity index (χ1n) is 9.89. The minimum absolute atomic E-state index is 0. The van der Waals surface area contributed by atoms with Gasteiger partial charge in [-0.25, -0.2) is 0 Å². The maximum absolute atomic E-state index is 10.8. The molecule has 33 heavy (non-hydrogen) atoms. The van der Waals surface area contributed by atoms with Gasteiger partial charge in [-0.15, -0.1) is 12.4 Å². The van der Waals surface area contributed by atoms with Gasteiger partial charge >= 0.3 is 0 Å². The zero-order valence-corrected chi connectivity index (χ0v) is 20.2. The van der Waals surface area contributed by atoms with E-state index in [0.717, 1.165) is 11.1 Å². The molecule has 3 aromatic carbocycles. The standard InChI is InChI=1S/C23H23Cl2N3O4.ClH/c1-31-23-12-17(4-9-22(23)32-15-16-2-5-18(24)6-3-16)14-26-10-11-27-21-8-7-19(28(29)30)13-20(21)25;/h2-9,12-13,26-27H,10-11,14-15H2,1H3;1H. The van der Waals surface area contributed by atoms with Crippen LogP contribution in [0.5, 0.6) is 11.5 Å². The predicted molar refractivity (Wildman–Crippen MR) is 134 cm³/mol. The second-order valence-electron chi connectivity index (χ2n) is 6.93. The Bertz CT molecular complexity index is 1070. The number of non-ortho nitro benzene ring substituents is 1. The van der Waals surface area contributed by atoms with E-state index < -0.39 is 4.92 Å². The molecule has 0 aliphatic heterocycles. The third kappa shape index (κ3) is 7.98. The van der Waals surface area contributed by atoms with E-state index in [-0.39, 0.29) is 18.1 Å². The Labute approximate surface area is 208 Å². The van der Waals surface area contributed by atoms with Crippen LogP contribution in [0.2, 0.25) is 10.0 Å². The van der Waals surface area contributed by atoms with Gasteiger partial charge in [0.1, 0.15) is 6.61 Å². The molecule has 0 unspecified atom stereocenters. The molecule has 0 aliphatic carbocycles. The SMILES string of the molecule is COc1cc(CNCCNc2ccc([N+](=O)[O-])cc2Cl)ccc1OCc1ccc(Cl)cc1.Cl. The minimum atomic E-state index is -0.473. The molecular weight excluding hydrogens is 489 g/mol. The third-order valence-corrected chi connectivity index (χ3v) is 5.21. The van der Waals surface area contributed by atoms with E-state index in [2.05, 4.69) is 10.6 Å². The molecular formula is C23H24Cl3N3O4. The summed E-state index contributed by atoms with van der Waals surface area (Å²) in [5.74, 6) is 1.33. The number of nitro groups is 1. The van der Waals surface area contributed by atoms with Gasteiger partial charge in [-0.1, -0.05) is 41.4 Å². The van der Waals surface area contributed by atoms with Gasteiger partial charge in [-0.3, -0.25) is 10.1 Å². The molecule has 0 radical (unpaired) electrons. The molecule has 0 aliphatic rings. The minimum Gasteiger partial charge on any atom is -0.493 e. The van der Waals surface area contributed by atoms with Crippen LogP contribution in [0.4, 0.5) is 11.4 Å². The summed E-state index contributed by atoms with van der Waals surface area (Å²) in [5.41, 5.74) is 2.69. The van der Waals surface area contributed by atoms with E-state index in [1.165, 1.54) is 12.1 Å². The second kappa shape index (κ2) is 13.1. The summed E-state index contributed by atoms with van der Waals surface area (Å²) in [4.78, 5) is 10.3. The molecule has 0 saturated heterocycles. The van der Waals surface area contributed by atoms with Gasteiger partial charge in [0.05, 0.1) is 22.7 Å². The Morgan fingerprint density at radius 3 is 2.33 bits per heavy atom. The lowest BCUT2D eigenvalue weighted by Gasteiger charge is -2.13. The number of benzene rings is 3. The van der Waals surface area contributed by atoms with Gasteiger partial charge in [0, 0.05) is 36.8 Å². The van der Waals surface area contributed by atoms with E-state index in [1.807, 2.05) is 42.5 Å². The highest BCUT2D eigenvalue weighted by Gasteiger charge is 2.09. The van der Waals surface area contributed by atoms with Crippen LogP contribution in [0.1, 0.15) is 11.1 Å². The lowest BCUT2D eigenvalue weighted by molar-refractivity contribution is -0.384. The quantitative estimate of drug-likeness (QED) is 0.183. The average Bonchev–Trinajstić information content (AvgIpc) is 2.79. The van der Waals surface area contributed by atoms with Crippen LogP contribution in [0.25, 0.3) is 0 Å². The van der Waals surface area contributed by atoms with Crippen molar-refractivity contribution in [1.29, 1.82) is 0 Å². The van der Waals surface area contributed by atoms with Crippen molar-refractivity contribution >= 4 is 47.0 Å². The molecule has 10 heteroatoms. The first-order valence-corrected chi connectivity index (χ1v) is 10.6. The van der Waals surface area contributed by atoms with Crippen LogP contribution >= 0.6 is 35.6 Å². The van der Waals surface area contributed by atoms with Crippen molar-refractivity contribution in [1.82, 2.24) is 5.32 Å². The number of ether oxygens (including phenoxy) is 2. The molecule has 2 N–H and O–H groups in total. The number of nitro benzene ring substituents is 1. The zero-order valence-electron chi connectivity index (χ0n) is 17.8. The maximum atomic E-state index is 10.8. The number of hydrogen-bond acceptors (Lipinski definition) is 6. The molecule has 0 amide bonds. The number of methoxy groups -OCH3 is 1. The molecule has 176 valence electrons. The summed E-state index contributed by atoms with van der Waals surface area (Å²) < 4.78 is 11.4. The molecule has 7 nitrogen and oxygen atoms in total. The molecule has 0 heterocycles. The van der Waals surface area contributed by atoms with Gasteiger partial charge < -0.3 is 20.1 Å². The monoisotopic (exact) mass is 511 g/mol. The van der Waals surface area contributed by atoms with Crippen molar-refractivity contribution in [3.05, 3.63) is 92.0 Å². The summed E-state index contributed by atoms with van der Waals surface area (Å²) in [6.45, 7) is 2.34. The predicted octanol–water partition coefficient (Wildman–Crippen LogP) is 6.11. The highest BCUT2D eigenvalue weighted by molar-refractivity contribution is 6.33. The normalized spacial score (nSPS) is 10.3. The molecule has 3 rings (SSSR count). The lowest BCUT2D eigenvalue weighted by atomic mass is 10.2. The Morgan fingerprint density at radius 2 is 1.67 bits per heavy atom. The maximum Gasteiger partial charge on any atom is 0.271 e. The largest absolute Gasteiger partial charge is 0.493 e. The summed E-state index contributed by atoms with van der Waals surface area (Å²) in [5, 5.41) is 18.3. The second-order valence-corrected chi connectivity index (χ2v) is 7.77. The Morgan fingerprint density at radius 1 is 0.939 bits per heavy atom. The summed E-state index contributed by atoms with van der Waals surface area (Å²) in [7, 11) is 1.61. The fraction of sp³-hybridized carbons (Fsp3) is 0.217. The smallest absolute Gasteiger partial charge is 0.271 e. The third-order valence-electron chi connectivity index (χ3n) is 4.65. The fourth-order valence-corrected chi connectivity index (χ4v) is 3.33. The van der Waals surface area contributed by atoms with E-state index in [4.69, 9.17) is 32.7 Å². The Balaban J connectivity index is 0.00000385. The fourth-order valence-electron chi connectivity index (χ4n) is 2.96. The topological polar surface area (TPSA) is 85.7 Å². The van der Waals surface area contributed by atoms with E-state index in [0.29, 0.717) is 53.5 Å².